The van der Waals surface area contributed by atoms with Gasteiger partial charge in [0.1, 0.15) is 12.3 Å². The average Bonchev–Trinajstić information content (AvgIpc) is 2.36. The van der Waals surface area contributed by atoms with E-state index in [2.05, 4.69) is 19.2 Å². The third-order valence-electron chi connectivity index (χ3n) is 2.80. The van der Waals surface area contributed by atoms with Crippen molar-refractivity contribution in [2.24, 2.45) is 5.92 Å². The molecule has 0 aromatic heterocycles. The van der Waals surface area contributed by atoms with Crippen LogP contribution < -0.4 is 10.1 Å². The number of esters is 1. The average molecular weight is 277 g/mol. The van der Waals surface area contributed by atoms with Crippen LogP contribution in [0.5, 0.6) is 5.75 Å². The van der Waals surface area contributed by atoms with E-state index in [1.54, 1.807) is 12.1 Å². The third kappa shape index (κ3) is 5.87. The highest BCUT2D eigenvalue weighted by atomic mass is 16.5. The van der Waals surface area contributed by atoms with Crippen LogP contribution >= 0.6 is 0 Å². The Hall–Kier alpha value is -1.84. The molecule has 20 heavy (non-hydrogen) atoms. The van der Waals surface area contributed by atoms with Crippen LogP contribution in [0.2, 0.25) is 0 Å². The summed E-state index contributed by atoms with van der Waals surface area (Å²) in [7, 11) is 0. The molecule has 1 rings (SSSR count). The lowest BCUT2D eigenvalue weighted by molar-refractivity contribution is -0.135. The fourth-order valence-corrected chi connectivity index (χ4v) is 1.70. The van der Waals surface area contributed by atoms with Gasteiger partial charge in [-0.25, -0.2) is 4.79 Å². The minimum absolute atomic E-state index is 0.0997. The zero-order chi connectivity index (χ0) is 15.1. The summed E-state index contributed by atoms with van der Waals surface area (Å²) in [5, 5.41) is 2.55. The summed E-state index contributed by atoms with van der Waals surface area (Å²) in [6.45, 7) is 8.01. The third-order valence-corrected chi connectivity index (χ3v) is 2.80. The van der Waals surface area contributed by atoms with Crippen LogP contribution in [0.3, 0.4) is 0 Å². The number of hydrogen-bond donors (Lipinski definition) is 1. The second-order valence-electron chi connectivity index (χ2n) is 5.57. The first kappa shape index (κ1) is 16.2. The van der Waals surface area contributed by atoms with E-state index in [1.165, 1.54) is 5.56 Å². The van der Waals surface area contributed by atoms with Crippen molar-refractivity contribution in [3.05, 3.63) is 29.8 Å². The molecule has 4 heteroatoms. The molecular weight excluding hydrogens is 254 g/mol. The molecule has 0 aliphatic carbocycles. The molecule has 4 nitrogen and oxygen atoms in total. The van der Waals surface area contributed by atoms with Crippen LogP contribution in [0, 0.1) is 5.92 Å². The molecule has 0 spiro atoms. The normalized spacial score (nSPS) is 10.7. The molecular formula is C16H23NO3. The van der Waals surface area contributed by atoms with Crippen LogP contribution in [0.25, 0.3) is 0 Å². The monoisotopic (exact) mass is 277 g/mol. The quantitative estimate of drug-likeness (QED) is 0.642. The molecule has 1 aromatic carbocycles. The van der Waals surface area contributed by atoms with Crippen molar-refractivity contribution in [2.45, 2.75) is 40.0 Å². The van der Waals surface area contributed by atoms with Crippen molar-refractivity contribution in [3.63, 3.8) is 0 Å². The molecule has 1 N–H and O–H groups in total. The second kappa shape index (κ2) is 7.68. The van der Waals surface area contributed by atoms with Gasteiger partial charge in [0, 0.05) is 6.42 Å². The maximum absolute atomic E-state index is 11.6. The number of benzene rings is 1. The van der Waals surface area contributed by atoms with E-state index in [4.69, 9.17) is 4.74 Å². The van der Waals surface area contributed by atoms with E-state index < -0.39 is 5.97 Å². The van der Waals surface area contributed by atoms with Crippen molar-refractivity contribution in [1.29, 1.82) is 0 Å². The van der Waals surface area contributed by atoms with Gasteiger partial charge in [0.05, 0.1) is 0 Å². The highest BCUT2D eigenvalue weighted by Crippen LogP contribution is 2.18. The molecule has 0 saturated heterocycles. The number of amides is 1. The van der Waals surface area contributed by atoms with Gasteiger partial charge in [-0.2, -0.15) is 0 Å². The first-order valence-electron chi connectivity index (χ1n) is 6.95. The van der Waals surface area contributed by atoms with Gasteiger partial charge in [-0.3, -0.25) is 4.79 Å². The van der Waals surface area contributed by atoms with Gasteiger partial charge in [0.15, 0.2) is 0 Å². The van der Waals surface area contributed by atoms with Crippen LogP contribution in [0.1, 0.15) is 45.6 Å². The summed E-state index contributed by atoms with van der Waals surface area (Å²) in [6.07, 6.45) is 0.413. The van der Waals surface area contributed by atoms with E-state index in [1.807, 2.05) is 26.0 Å². The predicted molar refractivity (Wildman–Crippen MR) is 78.6 cm³/mol. The summed E-state index contributed by atoms with van der Waals surface area (Å²) in [4.78, 5) is 23.0. The Morgan fingerprint density at radius 3 is 2.20 bits per heavy atom. The second-order valence-corrected chi connectivity index (χ2v) is 5.57. The molecule has 1 amide bonds. The summed E-state index contributed by atoms with van der Waals surface area (Å²) >= 11 is 0. The maximum Gasteiger partial charge on any atom is 0.330 e. The lowest BCUT2D eigenvalue weighted by Crippen LogP contribution is -2.32. The van der Waals surface area contributed by atoms with Gasteiger partial charge < -0.3 is 10.1 Å². The Morgan fingerprint density at radius 2 is 1.70 bits per heavy atom. The van der Waals surface area contributed by atoms with E-state index in [-0.39, 0.29) is 18.4 Å². The smallest absolute Gasteiger partial charge is 0.330 e. The summed E-state index contributed by atoms with van der Waals surface area (Å²) in [5.41, 5.74) is 1.19. The Bertz CT molecular complexity index is 449. The van der Waals surface area contributed by atoms with Gasteiger partial charge in [-0.05, 0) is 29.5 Å². The number of ether oxygens (including phenoxy) is 1. The molecule has 0 heterocycles. The van der Waals surface area contributed by atoms with Crippen molar-refractivity contribution < 1.29 is 14.3 Å². The standard InChI is InChI=1S/C16H23NO3/c1-11(2)9-15(18)17-10-16(19)20-14-7-5-13(6-8-14)12(3)4/h5-8,11-12H,9-10H2,1-4H3,(H,17,18). The SMILES string of the molecule is CC(C)CC(=O)NCC(=O)Oc1ccc(C(C)C)cc1. The molecule has 0 unspecified atom stereocenters. The van der Waals surface area contributed by atoms with Gasteiger partial charge in [0.25, 0.3) is 0 Å². The first-order chi connectivity index (χ1) is 9.38. The molecule has 1 aromatic rings. The Morgan fingerprint density at radius 1 is 1.10 bits per heavy atom. The van der Waals surface area contributed by atoms with Crippen LogP contribution in [-0.2, 0) is 9.59 Å². The molecule has 0 fully saturated rings. The number of carbonyl (C=O) groups excluding carboxylic acids is 2. The van der Waals surface area contributed by atoms with E-state index in [0.717, 1.165) is 0 Å². The van der Waals surface area contributed by atoms with Crippen molar-refractivity contribution in [1.82, 2.24) is 5.32 Å². The zero-order valence-electron chi connectivity index (χ0n) is 12.6. The molecule has 0 radical (unpaired) electrons. The Kier molecular flexibility index (Phi) is 6.22. The van der Waals surface area contributed by atoms with Gasteiger partial charge >= 0.3 is 5.97 Å². The van der Waals surface area contributed by atoms with E-state index in [0.29, 0.717) is 18.1 Å². The van der Waals surface area contributed by atoms with Crippen molar-refractivity contribution in [3.8, 4) is 5.75 Å². The summed E-state index contributed by atoms with van der Waals surface area (Å²) < 4.78 is 5.15. The molecule has 0 bridgehead atoms. The molecule has 110 valence electrons. The Balaban J connectivity index is 2.40. The van der Waals surface area contributed by atoms with Gasteiger partial charge in [0.2, 0.25) is 5.91 Å². The maximum atomic E-state index is 11.6. The molecule has 0 atom stereocenters. The lowest BCUT2D eigenvalue weighted by Gasteiger charge is -2.09. The number of hydrogen-bond acceptors (Lipinski definition) is 3. The summed E-state index contributed by atoms with van der Waals surface area (Å²) in [5.74, 6) is 0.619. The van der Waals surface area contributed by atoms with Gasteiger partial charge in [-0.15, -0.1) is 0 Å². The molecule has 0 aliphatic heterocycles. The fourth-order valence-electron chi connectivity index (χ4n) is 1.70. The van der Waals surface area contributed by atoms with E-state index in [9.17, 15) is 9.59 Å². The van der Waals surface area contributed by atoms with Crippen molar-refractivity contribution >= 4 is 11.9 Å². The van der Waals surface area contributed by atoms with Crippen LogP contribution in [-0.4, -0.2) is 18.4 Å². The zero-order valence-corrected chi connectivity index (χ0v) is 12.6. The molecule has 0 saturated carbocycles. The lowest BCUT2D eigenvalue weighted by atomic mass is 10.0. The topological polar surface area (TPSA) is 55.4 Å². The largest absolute Gasteiger partial charge is 0.425 e. The minimum atomic E-state index is -0.459. The first-order valence-corrected chi connectivity index (χ1v) is 6.95. The highest BCUT2D eigenvalue weighted by molar-refractivity contribution is 5.82. The molecule has 0 aliphatic rings. The van der Waals surface area contributed by atoms with Crippen molar-refractivity contribution in [2.75, 3.05) is 6.54 Å². The highest BCUT2D eigenvalue weighted by Gasteiger charge is 2.09. The van der Waals surface area contributed by atoms with Gasteiger partial charge in [-0.1, -0.05) is 39.8 Å². The predicted octanol–water partition coefficient (Wildman–Crippen LogP) is 2.88. The minimum Gasteiger partial charge on any atom is -0.425 e. The van der Waals surface area contributed by atoms with E-state index >= 15 is 0 Å². The number of nitrogens with one attached hydrogen (secondary N) is 1. The van der Waals surface area contributed by atoms with Crippen LogP contribution in [0.15, 0.2) is 24.3 Å². The van der Waals surface area contributed by atoms with Crippen LogP contribution in [0.4, 0.5) is 0 Å². The fraction of sp³-hybridized carbons (Fsp3) is 0.500. The summed E-state index contributed by atoms with van der Waals surface area (Å²) in [6, 6.07) is 7.40. The number of rotatable bonds is 6. The Labute approximate surface area is 120 Å². The number of carbonyl (C=O) groups is 2.